The fourth-order valence-corrected chi connectivity index (χ4v) is 5.94. The van der Waals surface area contributed by atoms with Gasteiger partial charge in [0.15, 0.2) is 0 Å². The van der Waals surface area contributed by atoms with Crippen LogP contribution in [0.15, 0.2) is 47.9 Å². The smallest absolute Gasteiger partial charge is 0.329 e. The Morgan fingerprint density at radius 3 is 2.46 bits per heavy atom. The van der Waals surface area contributed by atoms with Crippen LogP contribution in [0, 0.1) is 16.7 Å². The summed E-state index contributed by atoms with van der Waals surface area (Å²) in [6.07, 6.45) is -0.594. The SMILES string of the molecule is CN1C(=O)[N+](CC(C)(C)C)(OC(=O)C(F)(F)F)C2=CC=C(N3CC4CCC3CN4C(=O)c3cccc(C#N)c3)[N+]=C21. The molecular weight excluding hydrogens is 541 g/mol. The number of nitriles is 1. The van der Waals surface area contributed by atoms with Crippen LogP contribution in [0.2, 0.25) is 0 Å². The van der Waals surface area contributed by atoms with E-state index < -0.39 is 28.2 Å². The number of quaternary nitrogens is 1. The third-order valence-corrected chi connectivity index (χ3v) is 7.63. The fourth-order valence-electron chi connectivity index (χ4n) is 5.94. The van der Waals surface area contributed by atoms with Gasteiger partial charge >= 0.3 is 24.0 Å². The molecule has 10 nitrogen and oxygen atoms in total. The molecule has 3 atom stereocenters. The van der Waals surface area contributed by atoms with Crippen LogP contribution in [0.25, 0.3) is 0 Å². The average molecular weight is 572 g/mol. The van der Waals surface area contributed by atoms with E-state index in [2.05, 4.69) is 11.1 Å². The van der Waals surface area contributed by atoms with Crippen LogP contribution in [0.5, 0.6) is 0 Å². The number of amidine groups is 1. The van der Waals surface area contributed by atoms with Gasteiger partial charge in [-0.05, 0) is 31.0 Å². The molecule has 5 aliphatic heterocycles. The third kappa shape index (κ3) is 4.97. The zero-order valence-corrected chi connectivity index (χ0v) is 23.1. The average Bonchev–Trinajstić information content (AvgIpc) is 3.12. The normalized spacial score (nSPS) is 25.8. The molecule has 5 heterocycles. The lowest BCUT2D eigenvalue weighted by Gasteiger charge is -2.49. The van der Waals surface area contributed by atoms with Crippen LogP contribution in [-0.4, -0.2) is 88.0 Å². The van der Waals surface area contributed by atoms with E-state index in [0.717, 1.165) is 17.7 Å². The molecule has 13 heteroatoms. The summed E-state index contributed by atoms with van der Waals surface area (Å²) in [5.74, 6) is -2.00. The van der Waals surface area contributed by atoms with Crippen molar-refractivity contribution in [2.45, 2.75) is 51.9 Å². The Bertz CT molecular complexity index is 1450. The lowest BCUT2D eigenvalue weighted by atomic mass is 9.90. The van der Waals surface area contributed by atoms with Gasteiger partial charge in [0.1, 0.15) is 6.54 Å². The number of carbonyl (C=O) groups excluding carboxylic acids is 3. The highest BCUT2D eigenvalue weighted by molar-refractivity contribution is 6.10. The number of amides is 3. The highest BCUT2D eigenvalue weighted by Crippen LogP contribution is 2.39. The second-order valence-electron chi connectivity index (χ2n) is 11.9. The van der Waals surface area contributed by atoms with Gasteiger partial charge in [0.05, 0.1) is 43.9 Å². The van der Waals surface area contributed by atoms with Crippen molar-refractivity contribution in [2.75, 3.05) is 26.7 Å². The number of nitrogens with zero attached hydrogens (tertiary/aromatic N) is 6. The lowest BCUT2D eigenvalue weighted by molar-refractivity contribution is -0.992. The van der Waals surface area contributed by atoms with Gasteiger partial charge in [-0.3, -0.25) is 9.69 Å². The van der Waals surface area contributed by atoms with Crippen LogP contribution >= 0.6 is 0 Å². The largest absolute Gasteiger partial charge is 0.529 e. The van der Waals surface area contributed by atoms with Crippen molar-refractivity contribution in [3.8, 4) is 6.07 Å². The number of benzene rings is 1. The molecule has 0 aromatic heterocycles. The van der Waals surface area contributed by atoms with Crippen LogP contribution < -0.4 is 4.99 Å². The second-order valence-corrected chi connectivity index (χ2v) is 11.9. The van der Waals surface area contributed by atoms with Gasteiger partial charge in [-0.15, -0.1) is 0 Å². The first-order valence-corrected chi connectivity index (χ1v) is 13.2. The molecule has 0 spiro atoms. The maximum atomic E-state index is 13.5. The van der Waals surface area contributed by atoms with Crippen molar-refractivity contribution >= 4 is 23.7 Å². The van der Waals surface area contributed by atoms with Crippen LogP contribution in [0.1, 0.15) is 49.5 Å². The molecule has 0 saturated carbocycles. The van der Waals surface area contributed by atoms with Gasteiger partial charge in [0.25, 0.3) is 17.4 Å². The lowest BCUT2D eigenvalue weighted by Crippen LogP contribution is -2.64. The molecule has 0 N–H and O–H groups in total. The quantitative estimate of drug-likeness (QED) is 0.514. The summed E-state index contributed by atoms with van der Waals surface area (Å²) in [6, 6.07) is 7.59. The van der Waals surface area contributed by atoms with Crippen molar-refractivity contribution in [3.63, 3.8) is 0 Å². The Hall–Kier alpha value is -4.18. The number of piperidine rings is 2. The Labute approximate surface area is 235 Å². The molecule has 5 aliphatic rings. The van der Waals surface area contributed by atoms with Crippen molar-refractivity contribution < 1.29 is 37.0 Å². The summed E-state index contributed by atoms with van der Waals surface area (Å²) in [5.41, 5.74) is 0.199. The molecule has 1 aromatic rings. The van der Waals surface area contributed by atoms with Crippen LogP contribution in [0.4, 0.5) is 18.0 Å². The number of likely N-dealkylation sites (N-methyl/N-ethyl adjacent to an activating group) is 1. The van der Waals surface area contributed by atoms with Crippen LogP contribution in [0.3, 0.4) is 0 Å². The Morgan fingerprint density at radius 2 is 1.85 bits per heavy atom. The first kappa shape index (κ1) is 28.4. The third-order valence-electron chi connectivity index (χ3n) is 7.63. The first-order valence-electron chi connectivity index (χ1n) is 13.2. The van der Waals surface area contributed by atoms with Gasteiger partial charge < -0.3 is 4.90 Å². The maximum Gasteiger partial charge on any atom is 0.529 e. The molecule has 1 aromatic carbocycles. The molecule has 6 rings (SSSR count). The number of rotatable bonds is 4. The van der Waals surface area contributed by atoms with E-state index in [1.54, 1.807) is 51.1 Å². The number of allylic oxidation sites excluding steroid dienone is 2. The van der Waals surface area contributed by atoms with Gasteiger partial charge in [-0.1, -0.05) is 31.8 Å². The van der Waals surface area contributed by atoms with Gasteiger partial charge in [-0.25, -0.2) is 9.63 Å². The summed E-state index contributed by atoms with van der Waals surface area (Å²) >= 11 is 0. The molecule has 4 fully saturated rings. The van der Waals surface area contributed by atoms with Crippen molar-refractivity contribution in [2.24, 2.45) is 5.41 Å². The van der Waals surface area contributed by atoms with Crippen LogP contribution in [-0.2, 0) is 9.63 Å². The molecule has 41 heavy (non-hydrogen) atoms. The molecule has 215 valence electrons. The number of aliphatic imine (C=N–C) groups is 1. The summed E-state index contributed by atoms with van der Waals surface area (Å²) < 4.78 is 38.5. The van der Waals surface area contributed by atoms with Gasteiger partial charge in [0.2, 0.25) is 0 Å². The monoisotopic (exact) mass is 571 g/mol. The molecule has 3 amide bonds. The number of hydrogen-bond acceptors (Lipinski definition) is 7. The number of carbonyl (C=O) groups is 3. The predicted octanol–water partition coefficient (Wildman–Crippen LogP) is 3.27. The molecular formula is C28H30F3N6O4+2. The van der Waals surface area contributed by atoms with E-state index in [4.69, 9.17) is 4.84 Å². The summed E-state index contributed by atoms with van der Waals surface area (Å²) in [4.78, 5) is 53.4. The molecule has 2 bridgehead atoms. The van der Waals surface area contributed by atoms with Crippen molar-refractivity contribution in [3.05, 3.63) is 59.1 Å². The second kappa shape index (κ2) is 9.73. The van der Waals surface area contributed by atoms with E-state index in [1.165, 1.54) is 13.1 Å². The minimum absolute atomic E-state index is 0.0464. The summed E-state index contributed by atoms with van der Waals surface area (Å²) in [7, 11) is 1.39. The zero-order chi connectivity index (χ0) is 29.9. The predicted molar refractivity (Wildman–Crippen MR) is 139 cm³/mol. The number of alkyl halides is 3. The van der Waals surface area contributed by atoms with Gasteiger partial charge in [0, 0.05) is 27.8 Å². The molecule has 4 saturated heterocycles. The van der Waals surface area contributed by atoms with E-state index in [0.29, 0.717) is 30.0 Å². The summed E-state index contributed by atoms with van der Waals surface area (Å²) in [5, 5.41) is 9.20. The van der Waals surface area contributed by atoms with Gasteiger partial charge in [-0.2, -0.15) is 28.1 Å². The Kier molecular flexibility index (Phi) is 6.73. The van der Waals surface area contributed by atoms with E-state index in [9.17, 15) is 32.8 Å². The first-order chi connectivity index (χ1) is 19.1. The summed E-state index contributed by atoms with van der Waals surface area (Å²) in [6.45, 7) is 5.87. The Balaban J connectivity index is 1.43. The molecule has 0 aliphatic carbocycles. The van der Waals surface area contributed by atoms with E-state index >= 15 is 0 Å². The van der Waals surface area contributed by atoms with E-state index in [-0.39, 0.29) is 36.1 Å². The topological polar surface area (TPSA) is 108 Å². The highest BCUT2D eigenvalue weighted by atomic mass is 19.4. The minimum Gasteiger partial charge on any atom is -0.329 e. The standard InChI is InChI=1S/C28H30F3N6O4/c1-27(2,3)16-37(41-25(39)28(29,30)31)21-10-11-22(33-23(21)34(4)26(37)40)35-14-20-9-8-19(35)15-36(20)24(38)18-7-5-6-17(12-18)13-32/h5-7,10-12,19-20H,8-9,14-16H2,1-4H3/q+2. The number of halogens is 3. The Morgan fingerprint density at radius 1 is 1.15 bits per heavy atom. The minimum atomic E-state index is -5.29. The number of urea groups is 1. The van der Waals surface area contributed by atoms with Crippen molar-refractivity contribution in [1.29, 1.82) is 5.26 Å². The van der Waals surface area contributed by atoms with E-state index in [1.807, 2.05) is 9.80 Å². The zero-order valence-electron chi connectivity index (χ0n) is 23.1. The molecule has 3 unspecified atom stereocenters. The molecule has 1 radical (unpaired) electrons. The number of hydrogen-bond donors (Lipinski definition) is 0. The maximum absolute atomic E-state index is 13.5. The fraction of sp³-hybridized carbons (Fsp3) is 0.464. The number of fused-ring (bicyclic) bond motifs is 4. The number of piperazine rings is 1. The van der Waals surface area contributed by atoms with Crippen molar-refractivity contribution in [1.82, 2.24) is 19.7 Å². The highest BCUT2D eigenvalue weighted by Gasteiger charge is 2.67. The number of hydroxylamine groups is 3.